The van der Waals surface area contributed by atoms with Gasteiger partial charge in [0.1, 0.15) is 12.2 Å². The predicted molar refractivity (Wildman–Crippen MR) is 135 cm³/mol. The smallest absolute Gasteiger partial charge is 0.410 e. The number of nitrogens with zero attached hydrogens (tertiary/aromatic N) is 1. The molecule has 1 N–H and O–H groups in total. The fraction of sp³-hybridized carbons (Fsp3) is 0.464. The molecule has 0 aromatic heterocycles. The van der Waals surface area contributed by atoms with E-state index >= 15 is 0 Å². The number of carbonyl (C=O) groups is 3. The molecule has 2 aromatic carbocycles. The maximum Gasteiger partial charge on any atom is 0.410 e. The van der Waals surface area contributed by atoms with Gasteiger partial charge in [-0.2, -0.15) is 0 Å². The lowest BCUT2D eigenvalue weighted by Gasteiger charge is -2.46. The van der Waals surface area contributed by atoms with Crippen LogP contribution in [0.15, 0.2) is 60.7 Å². The van der Waals surface area contributed by atoms with E-state index in [1.165, 1.54) is 7.11 Å². The molecule has 3 rings (SSSR count). The van der Waals surface area contributed by atoms with Gasteiger partial charge in [0.25, 0.3) is 0 Å². The molecular weight excluding hydrogens is 460 g/mol. The summed E-state index contributed by atoms with van der Waals surface area (Å²) < 4.78 is 16.2. The van der Waals surface area contributed by atoms with Gasteiger partial charge in [0.05, 0.1) is 12.5 Å². The molecule has 0 spiro atoms. The third-order valence-corrected chi connectivity index (χ3v) is 6.31. The van der Waals surface area contributed by atoms with Gasteiger partial charge in [0, 0.05) is 19.6 Å². The molecule has 8 heteroatoms. The van der Waals surface area contributed by atoms with Gasteiger partial charge in [-0.25, -0.2) is 9.59 Å². The highest BCUT2D eigenvalue weighted by atomic mass is 16.6. The van der Waals surface area contributed by atoms with E-state index in [9.17, 15) is 14.4 Å². The first kappa shape index (κ1) is 27.0. The van der Waals surface area contributed by atoms with E-state index in [1.807, 2.05) is 60.7 Å². The summed E-state index contributed by atoms with van der Waals surface area (Å²) in [5.74, 6) is -0.711. The molecule has 0 bridgehead atoms. The van der Waals surface area contributed by atoms with Gasteiger partial charge in [-0.1, -0.05) is 60.7 Å². The highest BCUT2D eigenvalue weighted by molar-refractivity contribution is 5.80. The topological polar surface area (TPSA) is 94.2 Å². The number of ether oxygens (including phenoxy) is 3. The second-order valence-electron chi connectivity index (χ2n) is 10.1. The molecule has 2 atom stereocenters. The normalized spacial score (nSPS) is 19.8. The van der Waals surface area contributed by atoms with Crippen LogP contribution in [0.1, 0.15) is 38.3 Å². The zero-order valence-corrected chi connectivity index (χ0v) is 21.5. The first-order chi connectivity index (χ1) is 17.1. The Balaban J connectivity index is 1.79. The molecule has 36 heavy (non-hydrogen) atoms. The summed E-state index contributed by atoms with van der Waals surface area (Å²) in [5.41, 5.74) is 0.0838. The Morgan fingerprint density at radius 3 is 2.19 bits per heavy atom. The molecule has 0 aliphatic carbocycles. The van der Waals surface area contributed by atoms with Crippen LogP contribution in [-0.4, -0.2) is 55.4 Å². The minimum atomic E-state index is -1.07. The van der Waals surface area contributed by atoms with Crippen LogP contribution in [0.2, 0.25) is 0 Å². The maximum absolute atomic E-state index is 13.4. The van der Waals surface area contributed by atoms with Crippen molar-refractivity contribution >= 4 is 18.2 Å². The van der Waals surface area contributed by atoms with Gasteiger partial charge >= 0.3 is 18.2 Å². The molecule has 2 aromatic rings. The average Bonchev–Trinajstić information content (AvgIpc) is 2.86. The summed E-state index contributed by atoms with van der Waals surface area (Å²) in [6.07, 6.45) is -0.199. The molecule has 1 aliphatic heterocycles. The number of benzene rings is 2. The van der Waals surface area contributed by atoms with E-state index in [1.54, 1.807) is 25.7 Å². The number of hydrogen-bond donors (Lipinski definition) is 1. The molecule has 8 nitrogen and oxygen atoms in total. The number of hydrogen-bond acceptors (Lipinski definition) is 6. The Hall–Kier alpha value is -3.55. The number of piperidine rings is 1. The molecular formula is C28H36N2O6. The van der Waals surface area contributed by atoms with Crippen molar-refractivity contribution in [3.8, 4) is 0 Å². The first-order valence-electron chi connectivity index (χ1n) is 12.2. The number of nitrogens with one attached hydrogen (secondary N) is 1. The van der Waals surface area contributed by atoms with Crippen molar-refractivity contribution < 1.29 is 28.6 Å². The summed E-state index contributed by atoms with van der Waals surface area (Å²) in [4.78, 5) is 40.3. The fourth-order valence-corrected chi connectivity index (χ4v) is 4.56. The minimum Gasteiger partial charge on any atom is -0.469 e. The molecule has 194 valence electrons. The summed E-state index contributed by atoms with van der Waals surface area (Å²) >= 11 is 0. The standard InChI is InChI=1S/C28H36N2O6/c1-27(2,3)36-26(33)30-16-15-23(18-29-25(32)35-19-22-13-9-6-10-14-22)28(20-30,24(31)34-4)17-21-11-7-5-8-12-21/h5-14,23H,15-20H2,1-4H3,(H,29,32). The fourth-order valence-electron chi connectivity index (χ4n) is 4.56. The first-order valence-corrected chi connectivity index (χ1v) is 12.2. The van der Waals surface area contributed by atoms with Crippen molar-refractivity contribution in [2.24, 2.45) is 11.3 Å². The quantitative estimate of drug-likeness (QED) is 0.446. The highest BCUT2D eigenvalue weighted by Gasteiger charge is 2.51. The predicted octanol–water partition coefficient (Wildman–Crippen LogP) is 4.57. The molecule has 2 amide bonds. The third-order valence-electron chi connectivity index (χ3n) is 6.31. The number of rotatable bonds is 7. The number of carbonyl (C=O) groups excluding carboxylic acids is 3. The van der Waals surface area contributed by atoms with Gasteiger partial charge in [0.2, 0.25) is 0 Å². The molecule has 0 radical (unpaired) electrons. The van der Waals surface area contributed by atoms with Crippen molar-refractivity contribution in [2.75, 3.05) is 26.7 Å². The minimum absolute atomic E-state index is 0.120. The lowest BCUT2D eigenvalue weighted by Crippen LogP contribution is -2.59. The van der Waals surface area contributed by atoms with Crippen molar-refractivity contribution in [3.05, 3.63) is 71.8 Å². The van der Waals surface area contributed by atoms with E-state index in [0.717, 1.165) is 11.1 Å². The van der Waals surface area contributed by atoms with Gasteiger partial charge in [0.15, 0.2) is 0 Å². The Morgan fingerprint density at radius 1 is 1.00 bits per heavy atom. The van der Waals surface area contributed by atoms with Crippen molar-refractivity contribution in [3.63, 3.8) is 0 Å². The van der Waals surface area contributed by atoms with Crippen LogP contribution in [0.4, 0.5) is 9.59 Å². The molecule has 1 saturated heterocycles. The molecule has 1 aliphatic rings. The average molecular weight is 497 g/mol. The number of methoxy groups -OCH3 is 1. The molecule has 1 heterocycles. The second-order valence-corrected chi connectivity index (χ2v) is 10.1. The molecule has 0 saturated carbocycles. The Kier molecular flexibility index (Phi) is 8.96. The van der Waals surface area contributed by atoms with E-state index < -0.39 is 29.2 Å². The SMILES string of the molecule is COC(=O)C1(Cc2ccccc2)CN(C(=O)OC(C)(C)C)CCC1CNC(=O)OCc1ccccc1. The monoisotopic (exact) mass is 496 g/mol. The van der Waals surface area contributed by atoms with Crippen molar-refractivity contribution in [2.45, 2.75) is 45.8 Å². The zero-order valence-electron chi connectivity index (χ0n) is 21.5. The van der Waals surface area contributed by atoms with Crippen molar-refractivity contribution in [1.82, 2.24) is 10.2 Å². The lowest BCUT2D eigenvalue weighted by molar-refractivity contribution is -0.160. The van der Waals surface area contributed by atoms with E-state index in [-0.39, 0.29) is 25.6 Å². The Bertz CT molecular complexity index is 1020. The van der Waals surface area contributed by atoms with Gasteiger partial charge < -0.3 is 24.4 Å². The van der Waals surface area contributed by atoms with Gasteiger partial charge in [-0.3, -0.25) is 4.79 Å². The Labute approximate surface area is 212 Å². The van der Waals surface area contributed by atoms with Gasteiger partial charge in [-0.15, -0.1) is 0 Å². The summed E-state index contributed by atoms with van der Waals surface area (Å²) in [5, 5.41) is 2.82. The zero-order chi connectivity index (χ0) is 26.2. The number of amides is 2. The summed E-state index contributed by atoms with van der Waals surface area (Å²) in [6, 6.07) is 19.0. The Morgan fingerprint density at radius 2 is 1.61 bits per heavy atom. The number of likely N-dealkylation sites (tertiary alicyclic amines) is 1. The van der Waals surface area contributed by atoms with Crippen LogP contribution in [0, 0.1) is 11.3 Å². The largest absolute Gasteiger partial charge is 0.469 e. The molecule has 1 fully saturated rings. The summed E-state index contributed by atoms with van der Waals surface area (Å²) in [7, 11) is 1.35. The molecule has 2 unspecified atom stereocenters. The van der Waals surface area contributed by atoms with Crippen molar-refractivity contribution in [1.29, 1.82) is 0 Å². The van der Waals surface area contributed by atoms with Crippen LogP contribution < -0.4 is 5.32 Å². The summed E-state index contributed by atoms with van der Waals surface area (Å²) in [6.45, 7) is 6.29. The van der Waals surface area contributed by atoms with Crippen LogP contribution >= 0.6 is 0 Å². The van der Waals surface area contributed by atoms with Crippen LogP contribution in [-0.2, 0) is 32.0 Å². The lowest BCUT2D eigenvalue weighted by atomic mass is 9.67. The number of alkyl carbamates (subject to hydrolysis) is 1. The maximum atomic E-state index is 13.4. The van der Waals surface area contributed by atoms with Gasteiger partial charge in [-0.05, 0) is 50.7 Å². The third kappa shape index (κ3) is 7.23. The second kappa shape index (κ2) is 11.9. The van der Waals surface area contributed by atoms with E-state index in [2.05, 4.69) is 5.32 Å². The number of esters is 1. The van der Waals surface area contributed by atoms with E-state index in [0.29, 0.717) is 19.4 Å². The highest BCUT2D eigenvalue weighted by Crippen LogP contribution is 2.40. The van der Waals surface area contributed by atoms with Crippen LogP contribution in [0.5, 0.6) is 0 Å². The van der Waals surface area contributed by atoms with Crippen LogP contribution in [0.25, 0.3) is 0 Å². The van der Waals surface area contributed by atoms with Crippen LogP contribution in [0.3, 0.4) is 0 Å². The van der Waals surface area contributed by atoms with E-state index in [4.69, 9.17) is 14.2 Å².